The molecule has 17 nitrogen and oxygen atoms in total. The van der Waals surface area contributed by atoms with E-state index in [4.69, 9.17) is 28.7 Å². The van der Waals surface area contributed by atoms with Crippen molar-refractivity contribution in [2.75, 3.05) is 57.2 Å². The van der Waals surface area contributed by atoms with Gasteiger partial charge < -0.3 is 48.7 Å². The molecule has 8 rings (SSSR count). The summed E-state index contributed by atoms with van der Waals surface area (Å²) in [5.74, 6) is -1.84. The van der Waals surface area contributed by atoms with Crippen LogP contribution in [0.2, 0.25) is 0 Å². The van der Waals surface area contributed by atoms with Crippen molar-refractivity contribution in [2.24, 2.45) is 0 Å². The van der Waals surface area contributed by atoms with Gasteiger partial charge in [-0.2, -0.15) is 9.97 Å². The van der Waals surface area contributed by atoms with E-state index < -0.39 is 23.7 Å². The first-order valence-electron chi connectivity index (χ1n) is 25.1. The lowest BCUT2D eigenvalue weighted by molar-refractivity contribution is -0.138. The first kappa shape index (κ1) is 55.3. The molecule has 0 bridgehead atoms. The van der Waals surface area contributed by atoms with Gasteiger partial charge in [0.25, 0.3) is 17.7 Å². The first-order valence-corrected chi connectivity index (χ1v) is 25.1. The lowest BCUT2D eigenvalue weighted by Gasteiger charge is -2.36. The summed E-state index contributed by atoms with van der Waals surface area (Å²) in [6.45, 7) is 12.6. The van der Waals surface area contributed by atoms with Crippen molar-refractivity contribution in [1.82, 2.24) is 30.5 Å². The highest BCUT2D eigenvalue weighted by atomic mass is 19.1. The van der Waals surface area contributed by atoms with Crippen molar-refractivity contribution >= 4 is 29.2 Å². The summed E-state index contributed by atoms with van der Waals surface area (Å²) in [5.41, 5.74) is 8.15. The second-order valence-electron chi connectivity index (χ2n) is 18.2. The van der Waals surface area contributed by atoms with Gasteiger partial charge in [-0.3, -0.25) is 14.4 Å². The van der Waals surface area contributed by atoms with Crippen molar-refractivity contribution < 1.29 is 47.5 Å². The van der Waals surface area contributed by atoms with Crippen molar-refractivity contribution in [3.8, 4) is 45.7 Å². The van der Waals surface area contributed by atoms with Crippen molar-refractivity contribution in [1.29, 1.82) is 0 Å². The molecule has 1 amide bonds. The topological polar surface area (TPSA) is 210 Å². The molecule has 0 aliphatic carbocycles. The number of hydrogen-bond acceptors (Lipinski definition) is 14. The third kappa shape index (κ3) is 15.0. The highest BCUT2D eigenvalue weighted by Crippen LogP contribution is 2.35. The second kappa shape index (κ2) is 27.2. The number of methoxy groups -OCH3 is 2. The largest absolute Gasteiger partial charge is 0.481 e. The second-order valence-corrected chi connectivity index (χ2v) is 18.2. The highest BCUT2D eigenvalue weighted by molar-refractivity contribution is 5.95. The number of nitrogens with zero attached hydrogens (tertiary/aromatic N) is 7. The zero-order chi connectivity index (χ0) is 52.4. The van der Waals surface area contributed by atoms with Crippen molar-refractivity contribution in [3.63, 3.8) is 0 Å². The quantitative estimate of drug-likeness (QED) is 0.0689. The smallest absolute Gasteiger partial charge is 0.305 e. The Labute approximate surface area is 426 Å². The minimum Gasteiger partial charge on any atom is -0.481 e. The van der Waals surface area contributed by atoms with Gasteiger partial charge in [0, 0.05) is 104 Å². The van der Waals surface area contributed by atoms with Crippen LogP contribution >= 0.6 is 0 Å². The van der Waals surface area contributed by atoms with E-state index >= 15 is 0 Å². The van der Waals surface area contributed by atoms with E-state index in [1.54, 1.807) is 14.2 Å². The van der Waals surface area contributed by atoms with E-state index in [1.165, 1.54) is 43.5 Å². The van der Waals surface area contributed by atoms with Crippen LogP contribution in [0, 0.1) is 5.82 Å². The number of carbonyl (C=O) groups excluding carboxylic acids is 1. The molecule has 2 aliphatic heterocycles. The maximum absolute atomic E-state index is 14.6. The van der Waals surface area contributed by atoms with Crippen LogP contribution in [0.5, 0.6) is 0 Å². The molecule has 2 fully saturated rings. The third-order valence-electron chi connectivity index (χ3n) is 12.8. The fourth-order valence-electron chi connectivity index (χ4n) is 9.07. The fraction of sp³-hybridized carbons (Fsp3) is 0.436. The molecule has 6 aromatic rings. The third-order valence-corrected chi connectivity index (χ3v) is 12.8. The van der Waals surface area contributed by atoms with Gasteiger partial charge in [0.2, 0.25) is 11.6 Å². The predicted molar refractivity (Wildman–Crippen MR) is 278 cm³/mol. The molecule has 2 saturated heterocycles. The number of aliphatic carboxylic acids is 2. The van der Waals surface area contributed by atoms with Crippen LogP contribution in [0.3, 0.4) is 0 Å². The molecule has 3 N–H and O–H groups in total. The van der Waals surface area contributed by atoms with Crippen molar-refractivity contribution in [3.05, 3.63) is 107 Å². The molecule has 73 heavy (non-hydrogen) atoms. The Morgan fingerprint density at radius 1 is 0.712 bits per heavy atom. The Kier molecular flexibility index (Phi) is 20.6. The number of benzene rings is 4. The normalized spacial score (nSPS) is 15.5. The summed E-state index contributed by atoms with van der Waals surface area (Å²) in [7, 11) is 5.28. The van der Waals surface area contributed by atoms with Gasteiger partial charge in [0.1, 0.15) is 5.82 Å². The van der Waals surface area contributed by atoms with E-state index in [0.29, 0.717) is 55.7 Å². The Hall–Kier alpha value is -7.02. The van der Waals surface area contributed by atoms with E-state index in [-0.39, 0.29) is 36.7 Å². The van der Waals surface area contributed by atoms with E-state index in [0.717, 1.165) is 71.1 Å². The van der Waals surface area contributed by atoms with E-state index in [2.05, 4.69) is 61.4 Å². The zero-order valence-electron chi connectivity index (χ0n) is 43.0. The summed E-state index contributed by atoms with van der Waals surface area (Å²) >= 11 is 0. The minimum absolute atomic E-state index is 0.0932. The molecule has 0 spiro atoms. The summed E-state index contributed by atoms with van der Waals surface area (Å²) in [4.78, 5) is 49.5. The van der Waals surface area contributed by atoms with E-state index in [1.807, 2.05) is 74.3 Å². The maximum atomic E-state index is 14.6. The monoisotopic (exact) mass is 1000 g/mol. The molecule has 2 atom stereocenters. The highest BCUT2D eigenvalue weighted by Gasteiger charge is 2.25. The van der Waals surface area contributed by atoms with Crippen LogP contribution in [0.15, 0.2) is 87.9 Å². The van der Waals surface area contributed by atoms with Crippen LogP contribution < -0.4 is 15.1 Å². The van der Waals surface area contributed by atoms with Crippen LogP contribution in [0.25, 0.3) is 45.7 Å². The van der Waals surface area contributed by atoms with Gasteiger partial charge in [-0.1, -0.05) is 48.4 Å². The molecule has 0 saturated carbocycles. The molecule has 18 heteroatoms. The Balaban J connectivity index is 0.000000230. The number of rotatable bonds is 19. The van der Waals surface area contributed by atoms with Crippen LogP contribution in [0.1, 0.15) is 106 Å². The Bertz CT molecular complexity index is 2760. The van der Waals surface area contributed by atoms with Crippen LogP contribution in [0.4, 0.5) is 15.8 Å². The minimum atomic E-state index is -1.05. The number of carboxylic acid groups (broad SMARTS) is 2. The van der Waals surface area contributed by atoms with Gasteiger partial charge in [-0.15, -0.1) is 0 Å². The number of amides is 1. The molecule has 4 aromatic carbocycles. The summed E-state index contributed by atoms with van der Waals surface area (Å²) in [6.07, 6.45) is 7.10. The lowest BCUT2D eigenvalue weighted by atomic mass is 10.00. The number of carboxylic acids is 2. The molecule has 4 heterocycles. The number of ether oxygens (including phenoxy) is 2. The molecule has 390 valence electrons. The number of nitrogens with one attached hydrogen (secondary N) is 1. The van der Waals surface area contributed by atoms with E-state index in [9.17, 15) is 18.8 Å². The summed E-state index contributed by atoms with van der Waals surface area (Å²) in [6, 6.07) is 25.1. The molecular weight excluding hydrogens is 936 g/mol. The van der Waals surface area contributed by atoms with Gasteiger partial charge >= 0.3 is 11.9 Å². The number of aromatic nitrogens is 4. The average Bonchev–Trinajstić information content (AvgIpc) is 4.10. The van der Waals surface area contributed by atoms with Gasteiger partial charge in [-0.05, 0) is 120 Å². The fourth-order valence-corrected chi connectivity index (χ4v) is 9.07. The SMILES string of the molecule is CC.COCc1cc(-c2nc(-c3ccc(C(=O)NCCC(=O)O)c(F)c3)no2)ccc1N1CCCCC1C.COCc1cc(-c2nc(-c3cccc(CN(C)CCC(=O)O)c3)no2)ccc1N1CCCCC1C. The number of halogens is 1. The lowest BCUT2D eigenvalue weighted by Crippen LogP contribution is -2.38. The first-order chi connectivity index (χ1) is 35.3. The molecular formula is C55H69FN8O9. The van der Waals surface area contributed by atoms with Gasteiger partial charge in [0.15, 0.2) is 0 Å². The molecule has 2 unspecified atom stereocenters. The number of carbonyl (C=O) groups is 3. The molecule has 2 aromatic heterocycles. The number of piperidine rings is 2. The zero-order valence-corrected chi connectivity index (χ0v) is 43.0. The Morgan fingerprint density at radius 3 is 1.73 bits per heavy atom. The van der Waals surface area contributed by atoms with Crippen molar-refractivity contribution in [2.45, 2.75) is 111 Å². The molecule has 2 aliphatic rings. The standard InChI is InChI=1S/C27H34N4O4.C26H29FN4O5.C2H6/c1-19-7-4-5-13-31(19)24-11-10-22(16-23(24)18-34-3)27-28-26(29-35-27)21-9-6-8-20(15-21)17-30(2)14-12-25(32)33;1-16-5-3-4-12-31(16)22-9-7-18(13-19(22)15-35-2)26-29-24(30-36-26)17-6-8-20(21(27)14-17)25(34)28-11-10-23(32)33;1-2/h6,8-11,15-16,19H,4-5,7,12-14,17-18H2,1-3H3,(H,32,33);6-9,13-14,16H,3-5,10-12,15H2,1-2H3,(H,28,34)(H,32,33);1-2H3. The Morgan fingerprint density at radius 2 is 1.23 bits per heavy atom. The van der Waals surface area contributed by atoms with Gasteiger partial charge in [-0.25, -0.2) is 4.39 Å². The van der Waals surface area contributed by atoms with Crippen LogP contribution in [-0.2, 0) is 38.8 Å². The number of hydrogen-bond donors (Lipinski definition) is 3. The molecule has 0 radical (unpaired) electrons. The average molecular weight is 1010 g/mol. The van der Waals surface area contributed by atoms with Crippen LogP contribution in [-0.4, -0.2) is 113 Å². The summed E-state index contributed by atoms with van der Waals surface area (Å²) < 4.78 is 36.7. The predicted octanol–water partition coefficient (Wildman–Crippen LogP) is 10.1. The summed E-state index contributed by atoms with van der Waals surface area (Å²) in [5, 5.41) is 28.2. The maximum Gasteiger partial charge on any atom is 0.305 e. The number of anilines is 2. The van der Waals surface area contributed by atoms with Gasteiger partial charge in [0.05, 0.1) is 31.6 Å².